The molecular formula is C11H19N3O2S. The lowest BCUT2D eigenvalue weighted by atomic mass is 10.0. The van der Waals surface area contributed by atoms with Crippen LogP contribution in [-0.4, -0.2) is 28.6 Å². The molecule has 2 rings (SSSR count). The molecular weight excluding hydrogens is 238 g/mol. The highest BCUT2D eigenvalue weighted by molar-refractivity contribution is 7.99. The van der Waals surface area contributed by atoms with Crippen LogP contribution in [0.3, 0.4) is 0 Å². The number of nitrogens with zero attached hydrogens (tertiary/aromatic N) is 2. The molecule has 2 atom stereocenters. The van der Waals surface area contributed by atoms with Gasteiger partial charge >= 0.3 is 0 Å². The second kappa shape index (κ2) is 5.37. The third kappa shape index (κ3) is 3.00. The maximum atomic E-state index is 6.15. The summed E-state index contributed by atoms with van der Waals surface area (Å²) in [6.07, 6.45) is 1.89. The number of hydrogen-bond acceptors (Lipinski definition) is 6. The fraction of sp³-hybridized carbons (Fsp3) is 0.818. The first-order valence-corrected chi connectivity index (χ1v) is 7.00. The molecule has 2 unspecified atom stereocenters. The molecule has 2 N–H and O–H groups in total. The molecule has 5 nitrogen and oxygen atoms in total. The van der Waals surface area contributed by atoms with Crippen LogP contribution in [0.1, 0.15) is 38.4 Å². The molecule has 96 valence electrons. The minimum absolute atomic E-state index is 0.465. The van der Waals surface area contributed by atoms with Crippen LogP contribution in [-0.2, 0) is 16.0 Å². The van der Waals surface area contributed by atoms with Gasteiger partial charge in [-0.25, -0.2) is 0 Å². The van der Waals surface area contributed by atoms with E-state index < -0.39 is 5.54 Å². The van der Waals surface area contributed by atoms with Crippen LogP contribution >= 0.6 is 11.8 Å². The topological polar surface area (TPSA) is 74.2 Å². The molecule has 0 amide bonds. The van der Waals surface area contributed by atoms with Crippen LogP contribution in [0.15, 0.2) is 4.52 Å². The summed E-state index contributed by atoms with van der Waals surface area (Å²) >= 11 is 1.83. The van der Waals surface area contributed by atoms with Crippen LogP contribution in [0.5, 0.6) is 0 Å². The van der Waals surface area contributed by atoms with Gasteiger partial charge in [0.2, 0.25) is 5.89 Å². The third-order valence-electron chi connectivity index (χ3n) is 3.02. The molecule has 1 aromatic heterocycles. The predicted octanol–water partition coefficient (Wildman–Crippen LogP) is 1.68. The van der Waals surface area contributed by atoms with Gasteiger partial charge in [-0.15, -0.1) is 0 Å². The van der Waals surface area contributed by atoms with E-state index in [-0.39, 0.29) is 0 Å². The van der Waals surface area contributed by atoms with E-state index in [0.717, 1.165) is 24.4 Å². The van der Waals surface area contributed by atoms with E-state index >= 15 is 0 Å². The Morgan fingerprint density at radius 2 is 2.41 bits per heavy atom. The second-order valence-electron chi connectivity index (χ2n) is 4.50. The van der Waals surface area contributed by atoms with Crippen LogP contribution < -0.4 is 5.73 Å². The van der Waals surface area contributed by atoms with Gasteiger partial charge in [-0.05, 0) is 12.8 Å². The van der Waals surface area contributed by atoms with Crippen molar-refractivity contribution < 1.29 is 9.26 Å². The van der Waals surface area contributed by atoms with Gasteiger partial charge in [-0.1, -0.05) is 19.0 Å². The van der Waals surface area contributed by atoms with E-state index in [2.05, 4.69) is 24.0 Å². The number of ether oxygens (including phenoxy) is 1. The SMILES string of the molecule is CCC(C)SCc1noc(C2(N)CCOC2)n1. The van der Waals surface area contributed by atoms with Crippen molar-refractivity contribution in [1.29, 1.82) is 0 Å². The molecule has 6 heteroatoms. The molecule has 1 aromatic rings. The van der Waals surface area contributed by atoms with Gasteiger partial charge in [0.1, 0.15) is 5.54 Å². The van der Waals surface area contributed by atoms with E-state index in [9.17, 15) is 0 Å². The van der Waals surface area contributed by atoms with Crippen LogP contribution in [0.2, 0.25) is 0 Å². The largest absolute Gasteiger partial charge is 0.379 e. The fourth-order valence-corrected chi connectivity index (χ4v) is 2.39. The highest BCUT2D eigenvalue weighted by Crippen LogP contribution is 2.27. The summed E-state index contributed by atoms with van der Waals surface area (Å²) in [5.41, 5.74) is 5.57. The van der Waals surface area contributed by atoms with Crippen molar-refractivity contribution in [2.24, 2.45) is 5.73 Å². The summed E-state index contributed by atoms with van der Waals surface area (Å²) in [7, 11) is 0. The molecule has 1 aliphatic heterocycles. The number of hydrogen-bond donors (Lipinski definition) is 1. The highest BCUT2D eigenvalue weighted by Gasteiger charge is 2.38. The molecule has 1 fully saturated rings. The average Bonchev–Trinajstić information content (AvgIpc) is 2.95. The molecule has 17 heavy (non-hydrogen) atoms. The monoisotopic (exact) mass is 257 g/mol. The summed E-state index contributed by atoms with van der Waals surface area (Å²) in [5, 5.41) is 4.58. The van der Waals surface area contributed by atoms with Crippen molar-refractivity contribution in [3.8, 4) is 0 Å². The Kier molecular flexibility index (Phi) is 4.06. The van der Waals surface area contributed by atoms with Gasteiger partial charge < -0.3 is 15.0 Å². The maximum absolute atomic E-state index is 6.15. The van der Waals surface area contributed by atoms with Gasteiger partial charge in [-0.3, -0.25) is 0 Å². The standard InChI is InChI=1S/C11H19N3O2S/c1-3-8(2)17-6-9-13-10(16-14-9)11(12)4-5-15-7-11/h8H,3-7,12H2,1-2H3. The lowest BCUT2D eigenvalue weighted by Gasteiger charge is -2.15. The molecule has 2 heterocycles. The van der Waals surface area contributed by atoms with Crippen molar-refractivity contribution in [3.63, 3.8) is 0 Å². The maximum Gasteiger partial charge on any atom is 0.249 e. The van der Waals surface area contributed by atoms with Crippen molar-refractivity contribution in [2.75, 3.05) is 13.2 Å². The summed E-state index contributed by atoms with van der Waals surface area (Å²) in [6, 6.07) is 0. The summed E-state index contributed by atoms with van der Waals surface area (Å²) < 4.78 is 10.5. The average molecular weight is 257 g/mol. The zero-order valence-electron chi connectivity index (χ0n) is 10.3. The van der Waals surface area contributed by atoms with E-state index in [1.807, 2.05) is 11.8 Å². The third-order valence-corrected chi connectivity index (χ3v) is 4.35. The Hall–Kier alpha value is -0.590. The van der Waals surface area contributed by atoms with Crippen molar-refractivity contribution in [2.45, 2.75) is 43.2 Å². The van der Waals surface area contributed by atoms with Gasteiger partial charge in [0, 0.05) is 11.9 Å². The molecule has 0 bridgehead atoms. The number of nitrogens with two attached hydrogens (primary N) is 1. The molecule has 0 radical (unpaired) electrons. The fourth-order valence-electron chi connectivity index (χ4n) is 1.60. The normalized spacial score (nSPS) is 26.3. The Morgan fingerprint density at radius 1 is 1.59 bits per heavy atom. The first kappa shape index (κ1) is 12.9. The van der Waals surface area contributed by atoms with Gasteiger partial charge in [-0.2, -0.15) is 16.7 Å². The minimum Gasteiger partial charge on any atom is -0.379 e. The van der Waals surface area contributed by atoms with E-state index in [1.54, 1.807) is 0 Å². The Bertz CT molecular complexity index is 363. The molecule has 0 spiro atoms. The molecule has 0 aliphatic carbocycles. The highest BCUT2D eigenvalue weighted by atomic mass is 32.2. The first-order valence-electron chi connectivity index (χ1n) is 5.95. The Morgan fingerprint density at radius 3 is 3.06 bits per heavy atom. The number of aromatic nitrogens is 2. The Balaban J connectivity index is 1.96. The zero-order valence-corrected chi connectivity index (χ0v) is 11.1. The summed E-state index contributed by atoms with van der Waals surface area (Å²) in [4.78, 5) is 4.37. The molecule has 1 saturated heterocycles. The summed E-state index contributed by atoms with van der Waals surface area (Å²) in [5.74, 6) is 2.01. The number of rotatable bonds is 5. The van der Waals surface area contributed by atoms with Gasteiger partial charge in [0.15, 0.2) is 5.82 Å². The van der Waals surface area contributed by atoms with E-state index in [0.29, 0.717) is 24.4 Å². The molecule has 0 saturated carbocycles. The molecule has 1 aliphatic rings. The minimum atomic E-state index is -0.577. The summed E-state index contributed by atoms with van der Waals surface area (Å²) in [6.45, 7) is 5.49. The van der Waals surface area contributed by atoms with Crippen LogP contribution in [0.25, 0.3) is 0 Å². The first-order chi connectivity index (χ1) is 8.14. The van der Waals surface area contributed by atoms with Crippen molar-refractivity contribution in [1.82, 2.24) is 10.1 Å². The predicted molar refractivity (Wildman–Crippen MR) is 66.6 cm³/mol. The van der Waals surface area contributed by atoms with E-state index in [4.69, 9.17) is 15.0 Å². The van der Waals surface area contributed by atoms with Gasteiger partial charge in [0.05, 0.1) is 12.4 Å². The van der Waals surface area contributed by atoms with E-state index in [1.165, 1.54) is 0 Å². The van der Waals surface area contributed by atoms with Gasteiger partial charge in [0.25, 0.3) is 0 Å². The van der Waals surface area contributed by atoms with Crippen molar-refractivity contribution in [3.05, 3.63) is 11.7 Å². The smallest absolute Gasteiger partial charge is 0.249 e. The quantitative estimate of drug-likeness (QED) is 0.865. The van der Waals surface area contributed by atoms with Crippen LogP contribution in [0.4, 0.5) is 0 Å². The number of thioether (sulfide) groups is 1. The second-order valence-corrected chi connectivity index (χ2v) is 5.93. The lowest BCUT2D eigenvalue weighted by Crippen LogP contribution is -2.37. The van der Waals surface area contributed by atoms with Crippen LogP contribution in [0, 0.1) is 0 Å². The molecule has 0 aromatic carbocycles. The Labute approximate surface area is 105 Å². The lowest BCUT2D eigenvalue weighted by molar-refractivity contribution is 0.166. The zero-order chi connectivity index (χ0) is 12.3. The van der Waals surface area contributed by atoms with Crippen molar-refractivity contribution >= 4 is 11.8 Å².